The number of nitrogens with one attached hydrogen (secondary N) is 1. The third-order valence-corrected chi connectivity index (χ3v) is 4.13. The summed E-state index contributed by atoms with van der Waals surface area (Å²) < 4.78 is 5.90. The zero-order chi connectivity index (χ0) is 18.7. The van der Waals surface area contributed by atoms with Crippen molar-refractivity contribution in [3.63, 3.8) is 0 Å². The second-order valence-electron chi connectivity index (χ2n) is 6.03. The molecule has 0 spiro atoms. The molecule has 0 radical (unpaired) electrons. The third kappa shape index (κ3) is 4.11. The molecule has 0 aliphatic carbocycles. The molecule has 0 unspecified atom stereocenters. The minimum Gasteiger partial charge on any atom is -0.457 e. The summed E-state index contributed by atoms with van der Waals surface area (Å²) in [6.45, 7) is 10.8. The molecule has 1 N–H and O–H groups in total. The number of nitrogens with zero attached hydrogens (tertiary/aromatic N) is 2. The molecule has 6 heteroatoms. The molecule has 0 saturated heterocycles. The van der Waals surface area contributed by atoms with Crippen LogP contribution in [0.4, 0.5) is 5.69 Å². The van der Waals surface area contributed by atoms with Crippen molar-refractivity contribution in [2.45, 2.75) is 20.3 Å². The first-order valence-electron chi connectivity index (χ1n) is 7.95. The molecule has 0 fully saturated rings. The number of aromatic nitrogens is 2. The molecule has 5 nitrogen and oxygen atoms in total. The fourth-order valence-corrected chi connectivity index (χ4v) is 2.73. The maximum Gasteiger partial charge on any atom is 0.267 e. The van der Waals surface area contributed by atoms with Gasteiger partial charge in [-0.3, -0.25) is 4.79 Å². The minimum atomic E-state index is -0.191. The molecule has 26 heavy (non-hydrogen) atoms. The molecule has 3 aromatic rings. The lowest BCUT2D eigenvalue weighted by molar-refractivity contribution is 0.482. The topological polar surface area (TPSA) is 59.3 Å². The standard InChI is InChI=1S/C20H16ClN3O2/c1-12-6-15(22-3)11-17(7-12)26-19-10-14(4-5-18(19)21)9-16-8-13(2)20(25)24-23-16/h4-8,10-11H,9H2,1-2H3,(H,24,25). The average Bonchev–Trinajstić information content (AvgIpc) is 2.60. The average molecular weight is 366 g/mol. The Labute approximate surface area is 156 Å². The summed E-state index contributed by atoms with van der Waals surface area (Å²) in [6, 6.07) is 12.6. The Morgan fingerprint density at radius 2 is 2.00 bits per heavy atom. The van der Waals surface area contributed by atoms with Crippen molar-refractivity contribution in [3.8, 4) is 11.5 Å². The van der Waals surface area contributed by atoms with Crippen LogP contribution in [0.2, 0.25) is 5.02 Å². The van der Waals surface area contributed by atoms with Gasteiger partial charge in [0.05, 0.1) is 17.3 Å². The fraction of sp³-hybridized carbons (Fsp3) is 0.150. The van der Waals surface area contributed by atoms with Gasteiger partial charge in [-0.25, -0.2) is 9.94 Å². The van der Waals surface area contributed by atoms with Gasteiger partial charge >= 0.3 is 0 Å². The highest BCUT2D eigenvalue weighted by Gasteiger charge is 2.08. The van der Waals surface area contributed by atoms with Crippen LogP contribution in [-0.2, 0) is 6.42 Å². The first-order valence-corrected chi connectivity index (χ1v) is 8.33. The maximum atomic E-state index is 11.4. The summed E-state index contributed by atoms with van der Waals surface area (Å²) in [5.41, 5.74) is 3.58. The van der Waals surface area contributed by atoms with Crippen LogP contribution in [0.15, 0.2) is 47.3 Å². The summed E-state index contributed by atoms with van der Waals surface area (Å²) in [5, 5.41) is 7.02. The van der Waals surface area contributed by atoms with Crippen LogP contribution >= 0.6 is 11.6 Å². The number of ether oxygens (including phenoxy) is 1. The van der Waals surface area contributed by atoms with E-state index >= 15 is 0 Å². The number of halogens is 1. The first-order chi connectivity index (χ1) is 12.4. The van der Waals surface area contributed by atoms with Crippen LogP contribution in [0, 0.1) is 20.4 Å². The Morgan fingerprint density at radius 3 is 2.73 bits per heavy atom. The number of benzene rings is 2. The number of hydrogen-bond donors (Lipinski definition) is 1. The SMILES string of the molecule is [C-]#[N+]c1cc(C)cc(Oc2cc(Cc3cc(C)c(=O)[nH]n3)ccc2Cl)c1. The van der Waals surface area contributed by atoms with Gasteiger partial charge in [0.25, 0.3) is 5.56 Å². The van der Waals surface area contributed by atoms with Crippen LogP contribution in [0.1, 0.15) is 22.4 Å². The van der Waals surface area contributed by atoms with Crippen molar-refractivity contribution in [2.75, 3.05) is 0 Å². The van der Waals surface area contributed by atoms with Crippen molar-refractivity contribution in [1.82, 2.24) is 10.2 Å². The summed E-state index contributed by atoms with van der Waals surface area (Å²) >= 11 is 6.26. The zero-order valence-electron chi connectivity index (χ0n) is 14.3. The summed E-state index contributed by atoms with van der Waals surface area (Å²) in [4.78, 5) is 14.9. The van der Waals surface area contributed by atoms with Crippen molar-refractivity contribution >= 4 is 17.3 Å². The van der Waals surface area contributed by atoms with Gasteiger partial charge in [-0.05, 0) is 49.7 Å². The molecule has 0 bridgehead atoms. The van der Waals surface area contributed by atoms with E-state index in [9.17, 15) is 4.79 Å². The summed E-state index contributed by atoms with van der Waals surface area (Å²) in [6.07, 6.45) is 0.534. The third-order valence-electron chi connectivity index (χ3n) is 3.82. The van der Waals surface area contributed by atoms with Gasteiger partial charge in [0.15, 0.2) is 5.69 Å². The van der Waals surface area contributed by atoms with Crippen LogP contribution in [-0.4, -0.2) is 10.2 Å². The number of hydrogen-bond acceptors (Lipinski definition) is 3. The van der Waals surface area contributed by atoms with E-state index in [1.54, 1.807) is 31.2 Å². The highest BCUT2D eigenvalue weighted by Crippen LogP contribution is 2.33. The van der Waals surface area contributed by atoms with Crippen molar-refractivity contribution in [2.24, 2.45) is 0 Å². The summed E-state index contributed by atoms with van der Waals surface area (Å²) in [5.74, 6) is 1.07. The van der Waals surface area contributed by atoms with Gasteiger partial charge < -0.3 is 4.74 Å². The van der Waals surface area contributed by atoms with E-state index in [-0.39, 0.29) is 5.56 Å². The van der Waals surface area contributed by atoms with Crippen LogP contribution in [0.25, 0.3) is 4.85 Å². The van der Waals surface area contributed by atoms with E-state index in [0.29, 0.717) is 34.2 Å². The highest BCUT2D eigenvalue weighted by molar-refractivity contribution is 6.32. The molecular weight excluding hydrogens is 350 g/mol. The predicted octanol–water partition coefficient (Wildman–Crippen LogP) is 4.97. The second-order valence-corrected chi connectivity index (χ2v) is 6.44. The van der Waals surface area contributed by atoms with E-state index in [0.717, 1.165) is 16.8 Å². The number of aryl methyl sites for hydroxylation is 2. The Hall–Kier alpha value is -3.10. The van der Waals surface area contributed by atoms with Crippen molar-refractivity contribution in [3.05, 3.63) is 91.6 Å². The van der Waals surface area contributed by atoms with Gasteiger partial charge in [0.1, 0.15) is 11.5 Å². The lowest BCUT2D eigenvalue weighted by Crippen LogP contribution is -2.12. The fourth-order valence-electron chi connectivity index (χ4n) is 2.57. The molecule has 2 aromatic carbocycles. The first kappa shape index (κ1) is 17.7. The van der Waals surface area contributed by atoms with E-state index in [4.69, 9.17) is 22.9 Å². The zero-order valence-corrected chi connectivity index (χ0v) is 15.1. The van der Waals surface area contributed by atoms with E-state index < -0.39 is 0 Å². The monoisotopic (exact) mass is 365 g/mol. The van der Waals surface area contributed by atoms with Crippen LogP contribution in [0.3, 0.4) is 0 Å². The highest BCUT2D eigenvalue weighted by atomic mass is 35.5. The van der Waals surface area contributed by atoms with E-state index in [1.165, 1.54) is 0 Å². The second kappa shape index (κ2) is 7.42. The predicted molar refractivity (Wildman–Crippen MR) is 101 cm³/mol. The van der Waals surface area contributed by atoms with Gasteiger partial charge in [0.2, 0.25) is 0 Å². The Balaban J connectivity index is 1.88. The largest absolute Gasteiger partial charge is 0.457 e. The van der Waals surface area contributed by atoms with Crippen molar-refractivity contribution < 1.29 is 4.74 Å². The van der Waals surface area contributed by atoms with E-state index in [2.05, 4.69) is 15.0 Å². The van der Waals surface area contributed by atoms with Gasteiger partial charge in [0, 0.05) is 12.0 Å². The lowest BCUT2D eigenvalue weighted by Gasteiger charge is -2.11. The Kier molecular flexibility index (Phi) is 5.06. The number of aromatic amines is 1. The Morgan fingerprint density at radius 1 is 1.19 bits per heavy atom. The molecule has 0 atom stereocenters. The molecule has 0 amide bonds. The van der Waals surface area contributed by atoms with Gasteiger partial charge in [-0.2, -0.15) is 5.10 Å². The normalized spacial score (nSPS) is 10.4. The molecule has 1 aromatic heterocycles. The minimum absolute atomic E-state index is 0.191. The Bertz CT molecular complexity index is 1070. The lowest BCUT2D eigenvalue weighted by atomic mass is 10.1. The van der Waals surface area contributed by atoms with Crippen molar-refractivity contribution in [1.29, 1.82) is 0 Å². The van der Waals surface area contributed by atoms with Gasteiger partial charge in [-0.15, -0.1) is 0 Å². The smallest absolute Gasteiger partial charge is 0.267 e. The molecule has 0 aliphatic heterocycles. The molecule has 0 aliphatic rings. The molecular formula is C20H16ClN3O2. The molecule has 130 valence electrons. The van der Waals surface area contributed by atoms with Crippen LogP contribution in [0.5, 0.6) is 11.5 Å². The quantitative estimate of drug-likeness (QED) is 0.664. The summed E-state index contributed by atoms with van der Waals surface area (Å²) in [7, 11) is 0. The van der Waals surface area contributed by atoms with Crippen LogP contribution < -0.4 is 10.3 Å². The van der Waals surface area contributed by atoms with Gasteiger partial charge in [-0.1, -0.05) is 29.3 Å². The molecule has 1 heterocycles. The number of H-pyrrole nitrogens is 1. The number of rotatable bonds is 4. The molecule has 0 saturated carbocycles. The van der Waals surface area contributed by atoms with E-state index in [1.807, 2.05) is 25.1 Å². The molecule has 3 rings (SSSR count). The maximum absolute atomic E-state index is 11.4.